The SMILES string of the molecule is C=CCN(CCC)c1ccc(C(CC)NCCC)nc1. The van der Waals surface area contributed by atoms with Crippen molar-refractivity contribution < 1.29 is 0 Å². The molecule has 0 aliphatic heterocycles. The van der Waals surface area contributed by atoms with E-state index in [4.69, 9.17) is 0 Å². The van der Waals surface area contributed by atoms with Gasteiger partial charge >= 0.3 is 0 Å². The van der Waals surface area contributed by atoms with Gasteiger partial charge in [0, 0.05) is 19.1 Å². The maximum Gasteiger partial charge on any atom is 0.0574 e. The summed E-state index contributed by atoms with van der Waals surface area (Å²) in [6.45, 7) is 13.4. The Kier molecular flexibility index (Phi) is 7.97. The molecule has 1 N–H and O–H groups in total. The molecule has 1 unspecified atom stereocenters. The van der Waals surface area contributed by atoms with Gasteiger partial charge < -0.3 is 10.2 Å². The van der Waals surface area contributed by atoms with Crippen LogP contribution < -0.4 is 10.2 Å². The number of hydrogen-bond acceptors (Lipinski definition) is 3. The van der Waals surface area contributed by atoms with Gasteiger partial charge in [0.2, 0.25) is 0 Å². The molecule has 1 rings (SSSR count). The van der Waals surface area contributed by atoms with Gasteiger partial charge in [0.25, 0.3) is 0 Å². The highest BCUT2D eigenvalue weighted by atomic mass is 15.1. The Balaban J connectivity index is 2.76. The van der Waals surface area contributed by atoms with Gasteiger partial charge in [0.05, 0.1) is 17.6 Å². The summed E-state index contributed by atoms with van der Waals surface area (Å²) in [6, 6.07) is 4.69. The summed E-state index contributed by atoms with van der Waals surface area (Å²) in [7, 11) is 0. The Morgan fingerprint density at radius 3 is 2.60 bits per heavy atom. The summed E-state index contributed by atoms with van der Waals surface area (Å²) in [5.74, 6) is 0. The normalized spacial score (nSPS) is 12.2. The summed E-state index contributed by atoms with van der Waals surface area (Å²) in [5.41, 5.74) is 2.32. The first kappa shape index (κ1) is 16.7. The molecule has 1 heterocycles. The number of nitrogens with zero attached hydrogens (tertiary/aromatic N) is 2. The molecule has 3 nitrogen and oxygen atoms in total. The van der Waals surface area contributed by atoms with E-state index in [0.717, 1.165) is 44.6 Å². The van der Waals surface area contributed by atoms with Crippen LogP contribution in [0.2, 0.25) is 0 Å². The summed E-state index contributed by atoms with van der Waals surface area (Å²) >= 11 is 0. The second-order valence-corrected chi connectivity index (χ2v) is 5.09. The minimum Gasteiger partial charge on any atom is -0.367 e. The Morgan fingerprint density at radius 1 is 1.30 bits per heavy atom. The molecule has 0 fully saturated rings. The van der Waals surface area contributed by atoms with Crippen molar-refractivity contribution in [3.63, 3.8) is 0 Å². The number of nitrogens with one attached hydrogen (secondary N) is 1. The van der Waals surface area contributed by atoms with E-state index in [-0.39, 0.29) is 0 Å². The van der Waals surface area contributed by atoms with Crippen molar-refractivity contribution >= 4 is 5.69 Å². The summed E-state index contributed by atoms with van der Waals surface area (Å²) in [5, 5.41) is 3.54. The Morgan fingerprint density at radius 2 is 2.10 bits per heavy atom. The number of hydrogen-bond donors (Lipinski definition) is 1. The van der Waals surface area contributed by atoms with E-state index >= 15 is 0 Å². The van der Waals surface area contributed by atoms with Crippen LogP contribution >= 0.6 is 0 Å². The van der Waals surface area contributed by atoms with Crippen molar-refractivity contribution in [1.29, 1.82) is 0 Å². The third kappa shape index (κ3) is 4.97. The number of aromatic nitrogens is 1. The molecule has 0 aliphatic carbocycles. The largest absolute Gasteiger partial charge is 0.367 e. The minimum atomic E-state index is 0.364. The third-order valence-electron chi connectivity index (χ3n) is 3.38. The molecular formula is C17H29N3. The quantitative estimate of drug-likeness (QED) is 0.656. The molecule has 1 aromatic rings. The zero-order chi connectivity index (χ0) is 14.8. The van der Waals surface area contributed by atoms with Gasteiger partial charge in [-0.2, -0.15) is 0 Å². The molecule has 1 atom stereocenters. The predicted octanol–water partition coefficient (Wildman–Crippen LogP) is 3.93. The second-order valence-electron chi connectivity index (χ2n) is 5.09. The van der Waals surface area contributed by atoms with Crippen LogP contribution in [0.25, 0.3) is 0 Å². The third-order valence-corrected chi connectivity index (χ3v) is 3.38. The lowest BCUT2D eigenvalue weighted by molar-refractivity contribution is 0.507. The van der Waals surface area contributed by atoms with E-state index in [0.29, 0.717) is 6.04 Å². The van der Waals surface area contributed by atoms with Crippen molar-refractivity contribution in [1.82, 2.24) is 10.3 Å². The first-order valence-corrected chi connectivity index (χ1v) is 7.81. The van der Waals surface area contributed by atoms with Crippen LogP contribution in [0, 0.1) is 0 Å². The number of pyridine rings is 1. The van der Waals surface area contributed by atoms with Crippen LogP contribution in [0.5, 0.6) is 0 Å². The van der Waals surface area contributed by atoms with Crippen LogP contribution in [-0.4, -0.2) is 24.6 Å². The smallest absolute Gasteiger partial charge is 0.0574 e. The highest BCUT2D eigenvalue weighted by Crippen LogP contribution is 2.19. The van der Waals surface area contributed by atoms with Gasteiger partial charge in [-0.1, -0.05) is 26.8 Å². The van der Waals surface area contributed by atoms with Gasteiger partial charge in [0.15, 0.2) is 0 Å². The predicted molar refractivity (Wildman–Crippen MR) is 88.3 cm³/mol. The van der Waals surface area contributed by atoms with E-state index in [9.17, 15) is 0 Å². The van der Waals surface area contributed by atoms with Gasteiger partial charge in [-0.25, -0.2) is 0 Å². The topological polar surface area (TPSA) is 28.2 Å². The maximum absolute atomic E-state index is 4.65. The van der Waals surface area contributed by atoms with Crippen LogP contribution in [0.15, 0.2) is 31.0 Å². The van der Waals surface area contributed by atoms with Crippen LogP contribution in [0.3, 0.4) is 0 Å². The van der Waals surface area contributed by atoms with E-state index in [1.165, 1.54) is 5.69 Å². The molecule has 3 heteroatoms. The molecule has 0 saturated heterocycles. The molecule has 0 bridgehead atoms. The van der Waals surface area contributed by atoms with Crippen molar-refractivity contribution in [2.75, 3.05) is 24.5 Å². The summed E-state index contributed by atoms with van der Waals surface area (Å²) in [4.78, 5) is 6.96. The van der Waals surface area contributed by atoms with Gasteiger partial charge in [-0.15, -0.1) is 6.58 Å². The van der Waals surface area contributed by atoms with E-state index in [1.54, 1.807) is 0 Å². The summed E-state index contributed by atoms with van der Waals surface area (Å²) < 4.78 is 0. The van der Waals surface area contributed by atoms with Crippen molar-refractivity contribution in [2.45, 2.75) is 46.1 Å². The first-order chi connectivity index (χ1) is 9.76. The second kappa shape index (κ2) is 9.54. The lowest BCUT2D eigenvalue weighted by Gasteiger charge is -2.23. The fourth-order valence-electron chi connectivity index (χ4n) is 2.32. The van der Waals surface area contributed by atoms with Gasteiger partial charge in [-0.05, 0) is 37.9 Å². The molecule has 0 saturated carbocycles. The maximum atomic E-state index is 4.65. The van der Waals surface area contributed by atoms with E-state index in [2.05, 4.69) is 54.7 Å². The average Bonchev–Trinajstić information content (AvgIpc) is 2.48. The lowest BCUT2D eigenvalue weighted by Crippen LogP contribution is -2.25. The monoisotopic (exact) mass is 275 g/mol. The van der Waals surface area contributed by atoms with Crippen LogP contribution in [0.4, 0.5) is 5.69 Å². The van der Waals surface area contributed by atoms with Crippen LogP contribution in [0.1, 0.15) is 51.8 Å². The Bertz CT molecular complexity index is 372. The van der Waals surface area contributed by atoms with Crippen molar-refractivity contribution in [2.24, 2.45) is 0 Å². The van der Waals surface area contributed by atoms with E-state index < -0.39 is 0 Å². The van der Waals surface area contributed by atoms with Crippen LogP contribution in [-0.2, 0) is 0 Å². The molecule has 0 aromatic carbocycles. The van der Waals surface area contributed by atoms with Crippen molar-refractivity contribution in [3.05, 3.63) is 36.7 Å². The lowest BCUT2D eigenvalue weighted by atomic mass is 10.1. The first-order valence-electron chi connectivity index (χ1n) is 7.81. The molecule has 1 aromatic heterocycles. The summed E-state index contributed by atoms with van der Waals surface area (Å²) in [6.07, 6.45) is 7.28. The number of anilines is 1. The fraction of sp³-hybridized carbons (Fsp3) is 0.588. The fourth-order valence-corrected chi connectivity index (χ4v) is 2.32. The zero-order valence-electron chi connectivity index (χ0n) is 13.2. The zero-order valence-corrected chi connectivity index (χ0v) is 13.2. The average molecular weight is 275 g/mol. The van der Waals surface area contributed by atoms with Crippen molar-refractivity contribution in [3.8, 4) is 0 Å². The highest BCUT2D eigenvalue weighted by molar-refractivity contribution is 5.45. The molecular weight excluding hydrogens is 246 g/mol. The highest BCUT2D eigenvalue weighted by Gasteiger charge is 2.10. The molecule has 0 aliphatic rings. The molecule has 112 valence electrons. The Hall–Kier alpha value is -1.35. The molecule has 0 spiro atoms. The number of rotatable bonds is 10. The Labute approximate surface area is 124 Å². The van der Waals surface area contributed by atoms with E-state index in [1.807, 2.05) is 12.3 Å². The minimum absolute atomic E-state index is 0.364. The van der Waals surface area contributed by atoms with Gasteiger partial charge in [-0.3, -0.25) is 4.98 Å². The standard InChI is InChI=1S/C17H29N3/c1-5-11-18-16(8-4)17-10-9-15(14-19-17)20(12-6-2)13-7-3/h6,9-10,14,16,18H,2,5,7-8,11-13H2,1,3-4H3. The molecule has 0 radical (unpaired) electrons. The van der Waals surface area contributed by atoms with Gasteiger partial charge in [0.1, 0.15) is 0 Å². The molecule has 20 heavy (non-hydrogen) atoms. The molecule has 0 amide bonds.